The number of rotatable bonds is 8. The highest BCUT2D eigenvalue weighted by atomic mass is 16.5. The van der Waals surface area contributed by atoms with E-state index in [1.807, 2.05) is 36.4 Å². The largest absolute Gasteiger partial charge is 0.495 e. The number of hydrogen-bond donors (Lipinski definition) is 1. The smallest absolute Gasteiger partial charge is 0.227 e. The van der Waals surface area contributed by atoms with Crippen LogP contribution in [-0.4, -0.2) is 46.2 Å². The van der Waals surface area contributed by atoms with Crippen molar-refractivity contribution in [1.29, 1.82) is 0 Å². The predicted molar refractivity (Wildman–Crippen MR) is 110 cm³/mol. The van der Waals surface area contributed by atoms with Crippen LogP contribution < -0.4 is 24.4 Å². The van der Waals surface area contributed by atoms with Crippen molar-refractivity contribution in [2.24, 2.45) is 5.92 Å². The first-order valence-electron chi connectivity index (χ1n) is 9.49. The maximum absolute atomic E-state index is 12.6. The molecule has 1 saturated heterocycles. The number of carbonyl (C=O) groups is 2. The third kappa shape index (κ3) is 4.62. The van der Waals surface area contributed by atoms with Gasteiger partial charge in [-0.25, -0.2) is 0 Å². The van der Waals surface area contributed by atoms with Gasteiger partial charge < -0.3 is 24.4 Å². The number of nitrogens with one attached hydrogen (secondary N) is 1. The highest BCUT2D eigenvalue weighted by Crippen LogP contribution is 2.33. The van der Waals surface area contributed by atoms with Crippen molar-refractivity contribution in [3.63, 3.8) is 0 Å². The Bertz CT molecular complexity index is 883. The topological polar surface area (TPSA) is 77.1 Å². The molecule has 1 atom stereocenters. The van der Waals surface area contributed by atoms with Crippen LogP contribution in [-0.2, 0) is 16.0 Å². The molecule has 0 spiro atoms. The first kappa shape index (κ1) is 20.5. The van der Waals surface area contributed by atoms with Gasteiger partial charge in [-0.1, -0.05) is 18.2 Å². The summed E-state index contributed by atoms with van der Waals surface area (Å²) in [6.07, 6.45) is 0.850. The molecule has 7 nitrogen and oxygen atoms in total. The number of methoxy groups -OCH3 is 3. The molecule has 0 aliphatic carbocycles. The average Bonchev–Trinajstić information content (AvgIpc) is 3.15. The van der Waals surface area contributed by atoms with Crippen LogP contribution in [0.25, 0.3) is 0 Å². The van der Waals surface area contributed by atoms with E-state index in [1.165, 1.54) is 0 Å². The van der Waals surface area contributed by atoms with Crippen LogP contribution >= 0.6 is 0 Å². The van der Waals surface area contributed by atoms with Gasteiger partial charge in [0.25, 0.3) is 0 Å². The van der Waals surface area contributed by atoms with E-state index >= 15 is 0 Å². The molecule has 0 aromatic heterocycles. The Kier molecular flexibility index (Phi) is 6.59. The molecule has 1 aliphatic heterocycles. The van der Waals surface area contributed by atoms with Gasteiger partial charge in [-0.2, -0.15) is 0 Å². The number of benzene rings is 2. The molecule has 0 radical (unpaired) electrons. The predicted octanol–water partition coefficient (Wildman–Crippen LogP) is 2.42. The highest BCUT2D eigenvalue weighted by molar-refractivity contribution is 6.01. The van der Waals surface area contributed by atoms with Crippen LogP contribution in [0.1, 0.15) is 12.0 Å². The Labute approximate surface area is 170 Å². The summed E-state index contributed by atoms with van der Waals surface area (Å²) in [6, 6.07) is 13.0. The molecule has 7 heteroatoms. The van der Waals surface area contributed by atoms with E-state index in [9.17, 15) is 9.59 Å². The third-order valence-electron chi connectivity index (χ3n) is 5.03. The minimum atomic E-state index is -0.377. The Hall–Kier alpha value is -3.22. The number of nitrogens with zero attached hydrogens (tertiary/aromatic N) is 1. The van der Waals surface area contributed by atoms with Crippen molar-refractivity contribution in [2.45, 2.75) is 12.8 Å². The van der Waals surface area contributed by atoms with E-state index in [4.69, 9.17) is 14.2 Å². The molecule has 1 N–H and O–H groups in total. The van der Waals surface area contributed by atoms with Gasteiger partial charge in [-0.15, -0.1) is 0 Å². The standard InChI is InChI=1S/C22H26N2O5/c1-27-18-7-5-4-6-17(18)24-14-16(13-21(24)25)22(26)23-11-10-15-8-9-19(28-2)20(12-15)29-3/h4-9,12,16H,10-11,13-14H2,1-3H3,(H,23,26)/t16-/m1/s1. The zero-order valence-electron chi connectivity index (χ0n) is 16.9. The van der Waals surface area contributed by atoms with Crippen LogP contribution in [0.4, 0.5) is 5.69 Å². The van der Waals surface area contributed by atoms with Crippen molar-refractivity contribution in [3.8, 4) is 17.2 Å². The lowest BCUT2D eigenvalue weighted by molar-refractivity contribution is -0.126. The summed E-state index contributed by atoms with van der Waals surface area (Å²) in [5.41, 5.74) is 1.72. The fraction of sp³-hybridized carbons (Fsp3) is 0.364. The van der Waals surface area contributed by atoms with Gasteiger partial charge in [-0.05, 0) is 36.2 Å². The molecule has 0 unspecified atom stereocenters. The normalized spacial score (nSPS) is 15.9. The molecule has 0 bridgehead atoms. The molecule has 29 heavy (non-hydrogen) atoms. The Morgan fingerprint density at radius 3 is 2.48 bits per heavy atom. The second-order valence-electron chi connectivity index (χ2n) is 6.81. The van der Waals surface area contributed by atoms with Crippen LogP contribution in [0.5, 0.6) is 17.2 Å². The maximum Gasteiger partial charge on any atom is 0.227 e. The number of amides is 2. The summed E-state index contributed by atoms with van der Waals surface area (Å²) in [7, 11) is 4.75. The number of ether oxygens (including phenoxy) is 3. The molecule has 2 aromatic carbocycles. The van der Waals surface area contributed by atoms with Gasteiger partial charge in [0, 0.05) is 19.5 Å². The second-order valence-corrected chi connectivity index (χ2v) is 6.81. The van der Waals surface area contributed by atoms with Crippen LogP contribution in [0.15, 0.2) is 42.5 Å². The number of carbonyl (C=O) groups excluding carboxylic acids is 2. The van der Waals surface area contributed by atoms with Gasteiger partial charge in [0.1, 0.15) is 5.75 Å². The summed E-state index contributed by atoms with van der Waals surface area (Å²) < 4.78 is 15.9. The maximum atomic E-state index is 12.6. The van der Waals surface area contributed by atoms with Gasteiger partial charge >= 0.3 is 0 Å². The van der Waals surface area contributed by atoms with E-state index in [0.717, 1.165) is 5.56 Å². The summed E-state index contributed by atoms with van der Waals surface area (Å²) in [5, 5.41) is 2.94. The molecular formula is C22H26N2O5. The quantitative estimate of drug-likeness (QED) is 0.739. The minimum absolute atomic E-state index is 0.0745. The van der Waals surface area contributed by atoms with Gasteiger partial charge in [0.05, 0.1) is 32.9 Å². The zero-order valence-corrected chi connectivity index (χ0v) is 16.9. The Morgan fingerprint density at radius 1 is 1.03 bits per heavy atom. The number of para-hydroxylation sites is 2. The molecule has 0 saturated carbocycles. The molecule has 1 fully saturated rings. The second kappa shape index (κ2) is 9.32. The van der Waals surface area contributed by atoms with Crippen molar-refractivity contribution < 1.29 is 23.8 Å². The van der Waals surface area contributed by atoms with Crippen LogP contribution in [0, 0.1) is 5.92 Å². The minimum Gasteiger partial charge on any atom is -0.495 e. The third-order valence-corrected chi connectivity index (χ3v) is 5.03. The van der Waals surface area contributed by atoms with E-state index in [0.29, 0.717) is 42.4 Å². The Balaban J connectivity index is 1.56. The van der Waals surface area contributed by atoms with Crippen molar-refractivity contribution in [1.82, 2.24) is 5.32 Å². The Morgan fingerprint density at radius 2 is 1.76 bits per heavy atom. The average molecular weight is 398 g/mol. The van der Waals surface area contributed by atoms with E-state index in [1.54, 1.807) is 32.3 Å². The van der Waals surface area contributed by atoms with E-state index in [-0.39, 0.29) is 24.2 Å². The number of hydrogen-bond acceptors (Lipinski definition) is 5. The van der Waals surface area contributed by atoms with E-state index < -0.39 is 0 Å². The van der Waals surface area contributed by atoms with Crippen LogP contribution in [0.2, 0.25) is 0 Å². The molecular weight excluding hydrogens is 372 g/mol. The first-order valence-corrected chi connectivity index (χ1v) is 9.49. The molecule has 2 amide bonds. The van der Waals surface area contributed by atoms with Gasteiger partial charge in [-0.3, -0.25) is 9.59 Å². The zero-order chi connectivity index (χ0) is 20.8. The molecule has 3 rings (SSSR count). The van der Waals surface area contributed by atoms with Crippen LogP contribution in [0.3, 0.4) is 0 Å². The van der Waals surface area contributed by atoms with E-state index in [2.05, 4.69) is 5.32 Å². The lowest BCUT2D eigenvalue weighted by Crippen LogP contribution is -2.34. The monoisotopic (exact) mass is 398 g/mol. The molecule has 2 aromatic rings. The SMILES string of the molecule is COc1ccc(CCNC(=O)[C@@H]2CC(=O)N(c3ccccc3OC)C2)cc1OC. The lowest BCUT2D eigenvalue weighted by Gasteiger charge is -2.19. The fourth-order valence-electron chi connectivity index (χ4n) is 3.48. The van der Waals surface area contributed by atoms with Crippen molar-refractivity contribution in [3.05, 3.63) is 48.0 Å². The number of anilines is 1. The summed E-state index contributed by atoms with van der Waals surface area (Å²) in [4.78, 5) is 26.6. The summed E-state index contributed by atoms with van der Waals surface area (Å²) in [6.45, 7) is 0.828. The fourth-order valence-corrected chi connectivity index (χ4v) is 3.48. The summed E-state index contributed by atoms with van der Waals surface area (Å²) in [5.74, 6) is 1.38. The first-order chi connectivity index (χ1) is 14.1. The molecule has 1 aliphatic rings. The highest BCUT2D eigenvalue weighted by Gasteiger charge is 2.36. The molecule has 154 valence electrons. The lowest BCUT2D eigenvalue weighted by atomic mass is 10.1. The molecule has 1 heterocycles. The van der Waals surface area contributed by atoms with Crippen molar-refractivity contribution >= 4 is 17.5 Å². The van der Waals surface area contributed by atoms with Gasteiger partial charge in [0.15, 0.2) is 11.5 Å². The van der Waals surface area contributed by atoms with Gasteiger partial charge in [0.2, 0.25) is 11.8 Å². The summed E-state index contributed by atoms with van der Waals surface area (Å²) >= 11 is 0. The van der Waals surface area contributed by atoms with Crippen molar-refractivity contribution in [2.75, 3.05) is 39.3 Å².